The summed E-state index contributed by atoms with van der Waals surface area (Å²) in [6, 6.07) is 21.1. The molecule has 2 heterocycles. The Kier molecular flexibility index (Phi) is 9.06. The van der Waals surface area contributed by atoms with Crippen LogP contribution in [-0.4, -0.2) is 65.0 Å². The first-order valence-electron chi connectivity index (χ1n) is 16.6. The van der Waals surface area contributed by atoms with Crippen LogP contribution in [0.1, 0.15) is 51.8 Å². The minimum atomic E-state index is -0.866. The predicted octanol–water partition coefficient (Wildman–Crippen LogP) is 5.33. The summed E-state index contributed by atoms with van der Waals surface area (Å²) in [7, 11) is 1.52. The van der Waals surface area contributed by atoms with Crippen LogP contribution in [-0.2, 0) is 25.7 Å². The van der Waals surface area contributed by atoms with Crippen molar-refractivity contribution in [2.24, 2.45) is 0 Å². The van der Waals surface area contributed by atoms with Crippen LogP contribution in [0.5, 0.6) is 28.7 Å². The molecule has 9 nitrogen and oxygen atoms in total. The number of rotatable bonds is 11. The summed E-state index contributed by atoms with van der Waals surface area (Å²) in [5.41, 5.74) is 7.55. The Bertz CT molecular complexity index is 1810. The Labute approximate surface area is 280 Å². The van der Waals surface area contributed by atoms with Crippen LogP contribution in [0.4, 0.5) is 0 Å². The van der Waals surface area contributed by atoms with E-state index in [-0.39, 0.29) is 30.6 Å². The average molecular weight is 651 g/mol. The van der Waals surface area contributed by atoms with Crippen molar-refractivity contribution in [2.75, 3.05) is 33.5 Å². The number of fused-ring (bicyclic) bond motifs is 5. The number of methoxy groups -OCH3 is 1. The first kappa shape index (κ1) is 31.7. The molecule has 4 aromatic carbocycles. The van der Waals surface area contributed by atoms with Crippen molar-refractivity contribution in [3.05, 3.63) is 113 Å². The summed E-state index contributed by atoms with van der Waals surface area (Å²) in [5, 5.41) is 46.2. The third-order valence-corrected chi connectivity index (χ3v) is 9.71. The maximum Gasteiger partial charge on any atom is 0.161 e. The Morgan fingerprint density at radius 2 is 1.83 bits per heavy atom. The summed E-state index contributed by atoms with van der Waals surface area (Å²) >= 11 is 0. The molecule has 5 N–H and O–H groups in total. The molecule has 4 aromatic rings. The van der Waals surface area contributed by atoms with E-state index in [1.165, 1.54) is 7.11 Å². The van der Waals surface area contributed by atoms with Gasteiger partial charge in [0.05, 0.1) is 26.5 Å². The molecule has 3 unspecified atom stereocenters. The lowest BCUT2D eigenvalue weighted by Gasteiger charge is -2.38. The van der Waals surface area contributed by atoms with E-state index in [9.17, 15) is 20.4 Å². The summed E-state index contributed by atoms with van der Waals surface area (Å²) < 4.78 is 18.5. The number of aliphatic hydroxyl groups is 2. The molecular formula is C39H42N2O7. The number of hydrogen-bond donors (Lipinski definition) is 5. The van der Waals surface area contributed by atoms with Crippen molar-refractivity contribution < 1.29 is 34.6 Å². The van der Waals surface area contributed by atoms with Gasteiger partial charge in [-0.1, -0.05) is 36.4 Å². The molecule has 0 fully saturated rings. The molecule has 0 saturated heterocycles. The zero-order chi connectivity index (χ0) is 33.2. The molecule has 3 atom stereocenters. The summed E-state index contributed by atoms with van der Waals surface area (Å²) in [4.78, 5) is 2.23. The van der Waals surface area contributed by atoms with Crippen LogP contribution in [0.2, 0.25) is 0 Å². The Hall–Kier alpha value is -4.86. The fraction of sp³-hybridized carbons (Fsp3) is 0.333. The van der Waals surface area contributed by atoms with Crippen molar-refractivity contribution in [2.45, 2.75) is 50.2 Å². The van der Waals surface area contributed by atoms with Gasteiger partial charge in [-0.3, -0.25) is 0 Å². The molecule has 0 spiro atoms. The van der Waals surface area contributed by atoms with Crippen molar-refractivity contribution in [3.8, 4) is 39.9 Å². The lowest BCUT2D eigenvalue weighted by molar-refractivity contribution is 0.0199. The number of ether oxygens (including phenoxy) is 3. The average Bonchev–Trinajstić information content (AvgIpc) is 3.63. The Morgan fingerprint density at radius 1 is 0.979 bits per heavy atom. The zero-order valence-electron chi connectivity index (χ0n) is 27.1. The zero-order valence-corrected chi connectivity index (χ0v) is 27.1. The van der Waals surface area contributed by atoms with Crippen LogP contribution in [0.3, 0.4) is 0 Å². The third kappa shape index (κ3) is 6.23. The molecule has 9 heteroatoms. The van der Waals surface area contributed by atoms with Gasteiger partial charge in [-0.05, 0) is 89.2 Å². The lowest BCUT2D eigenvalue weighted by atomic mass is 9.73. The van der Waals surface area contributed by atoms with E-state index >= 15 is 0 Å². The normalized spacial score (nSPS) is 19.1. The second-order valence-corrected chi connectivity index (χ2v) is 12.8. The van der Waals surface area contributed by atoms with Crippen LogP contribution in [0, 0.1) is 0 Å². The molecule has 0 saturated carbocycles. The summed E-state index contributed by atoms with van der Waals surface area (Å²) in [6.07, 6.45) is 5.66. The van der Waals surface area contributed by atoms with Gasteiger partial charge in [0.25, 0.3) is 0 Å². The first-order valence-corrected chi connectivity index (χ1v) is 16.6. The highest BCUT2D eigenvalue weighted by Gasteiger charge is 2.38. The smallest absolute Gasteiger partial charge is 0.161 e. The molecule has 2 aliphatic heterocycles. The lowest BCUT2D eigenvalue weighted by Crippen LogP contribution is -2.32. The Balaban J connectivity index is 1.28. The monoisotopic (exact) mass is 650 g/mol. The summed E-state index contributed by atoms with van der Waals surface area (Å²) in [6.45, 7) is 1.54. The fourth-order valence-corrected chi connectivity index (χ4v) is 7.42. The molecule has 3 aliphatic rings. The van der Waals surface area contributed by atoms with Gasteiger partial charge in [-0.2, -0.15) is 0 Å². The van der Waals surface area contributed by atoms with E-state index in [0.29, 0.717) is 35.7 Å². The minimum Gasteiger partial charge on any atom is -0.508 e. The second-order valence-electron chi connectivity index (χ2n) is 12.8. The highest BCUT2D eigenvalue weighted by molar-refractivity contribution is 5.83. The van der Waals surface area contributed by atoms with E-state index in [1.54, 1.807) is 12.1 Å². The number of nitrogens with one attached hydrogen (secondary N) is 1. The van der Waals surface area contributed by atoms with Gasteiger partial charge in [0.1, 0.15) is 30.0 Å². The maximum atomic E-state index is 11.8. The topological polar surface area (TPSA) is 124 Å². The van der Waals surface area contributed by atoms with Crippen LogP contribution in [0.25, 0.3) is 11.1 Å². The number of phenols is 2. The van der Waals surface area contributed by atoms with Crippen molar-refractivity contribution in [1.82, 2.24) is 10.2 Å². The van der Waals surface area contributed by atoms with Crippen molar-refractivity contribution >= 4 is 0 Å². The number of benzene rings is 4. The molecular weight excluding hydrogens is 608 g/mol. The Morgan fingerprint density at radius 3 is 2.60 bits per heavy atom. The van der Waals surface area contributed by atoms with E-state index in [4.69, 9.17) is 14.2 Å². The minimum absolute atomic E-state index is 0.0698. The fourth-order valence-electron chi connectivity index (χ4n) is 7.42. The third-order valence-electron chi connectivity index (χ3n) is 9.71. The first-order chi connectivity index (χ1) is 23.4. The van der Waals surface area contributed by atoms with E-state index < -0.39 is 12.2 Å². The van der Waals surface area contributed by atoms with Crippen LogP contribution < -0.4 is 19.5 Å². The van der Waals surface area contributed by atoms with Gasteiger partial charge in [0.2, 0.25) is 0 Å². The molecule has 0 bridgehead atoms. The number of phenolic OH excluding ortho intramolecular Hbond substituents is 2. The molecule has 48 heavy (non-hydrogen) atoms. The standard InChI is InChI=1S/C39H42N2O7/c1-46-35-20-28(18-26(38(35)45)8-7-24-5-3-2-4-6-24)39-32(44)21-31-33(48-39)22-34(47-16-15-42)37-30-10-9-29(43)19-27(30)17-25(36(31)37)11-13-41-14-12-40-23-41/h2-6,9-10,12,14,18-20,22,25,32,39-40,42-45H,7-8,11,13,15-17,21,23H2,1H3. The van der Waals surface area contributed by atoms with Crippen LogP contribution >= 0.6 is 0 Å². The molecule has 0 aromatic heterocycles. The SMILES string of the molecule is COc1cc(C2Oc3cc(OCCO)c4c(c3CC2O)C(CCN2C=CNC2)Cc2cc(O)ccc2-4)cc(CCc2ccccc2)c1O. The quantitative estimate of drug-likeness (QED) is 0.147. The van der Waals surface area contributed by atoms with Crippen molar-refractivity contribution in [1.29, 1.82) is 0 Å². The molecule has 250 valence electrons. The van der Waals surface area contributed by atoms with Gasteiger partial charge in [-0.25, -0.2) is 0 Å². The number of nitrogens with zero attached hydrogens (tertiary/aromatic N) is 1. The van der Waals surface area contributed by atoms with Crippen molar-refractivity contribution in [3.63, 3.8) is 0 Å². The van der Waals surface area contributed by atoms with E-state index in [2.05, 4.69) is 28.5 Å². The van der Waals surface area contributed by atoms with E-state index in [0.717, 1.165) is 71.4 Å². The summed E-state index contributed by atoms with van der Waals surface area (Å²) in [5.74, 6) is 1.93. The highest BCUT2D eigenvalue weighted by Crippen LogP contribution is 2.53. The van der Waals surface area contributed by atoms with Gasteiger partial charge in [0.15, 0.2) is 11.5 Å². The van der Waals surface area contributed by atoms with E-state index in [1.807, 2.05) is 48.7 Å². The van der Waals surface area contributed by atoms with Gasteiger partial charge in [-0.15, -0.1) is 0 Å². The number of aliphatic hydroxyl groups excluding tert-OH is 2. The highest BCUT2D eigenvalue weighted by atomic mass is 16.5. The van der Waals surface area contributed by atoms with Gasteiger partial charge < -0.3 is 44.9 Å². The number of aryl methyl sites for hydroxylation is 2. The molecule has 0 amide bonds. The molecule has 1 aliphatic carbocycles. The molecule has 7 rings (SSSR count). The number of aromatic hydroxyl groups is 2. The molecule has 0 radical (unpaired) electrons. The largest absolute Gasteiger partial charge is 0.508 e. The second kappa shape index (κ2) is 13.7. The maximum absolute atomic E-state index is 11.8. The van der Waals surface area contributed by atoms with Crippen LogP contribution in [0.15, 0.2) is 79.1 Å². The van der Waals surface area contributed by atoms with Gasteiger partial charge >= 0.3 is 0 Å². The van der Waals surface area contributed by atoms with Gasteiger partial charge in [0, 0.05) is 42.6 Å². The predicted molar refractivity (Wildman–Crippen MR) is 183 cm³/mol. The number of hydrogen-bond acceptors (Lipinski definition) is 9.